The van der Waals surface area contributed by atoms with Gasteiger partial charge in [0, 0.05) is 32.9 Å². The molecule has 0 radical (unpaired) electrons. The summed E-state index contributed by atoms with van der Waals surface area (Å²) < 4.78 is 4.60. The number of rotatable bonds is 5. The second kappa shape index (κ2) is 12.5. The van der Waals surface area contributed by atoms with Crippen molar-refractivity contribution in [3.05, 3.63) is 199 Å². The van der Waals surface area contributed by atoms with Crippen molar-refractivity contribution in [1.29, 1.82) is 5.26 Å². The first-order valence-electron chi connectivity index (χ1n) is 17.9. The maximum Gasteiger partial charge on any atom is 0.204 e. The summed E-state index contributed by atoms with van der Waals surface area (Å²) in [7, 11) is 0. The Morgan fingerprint density at radius 1 is 0.426 bits per heavy atom. The van der Waals surface area contributed by atoms with Gasteiger partial charge >= 0.3 is 0 Å². The lowest BCUT2D eigenvalue weighted by Crippen LogP contribution is -1.95. The maximum absolute atomic E-state index is 9.97. The largest absolute Gasteiger partial charge is 0.309 e. The van der Waals surface area contributed by atoms with Gasteiger partial charge in [-0.1, -0.05) is 121 Å². The molecule has 0 fully saturated rings. The SMILES string of the molecule is [C-]#[N+]c1ccc(-n2c3ccc(-c4ccccc4)cc3c3c(-c4ccc5c6cc(-c7ccccc7)ccc6n(-c6ccccc6)c5c4)cccc32)cc1C#N. The lowest BCUT2D eigenvalue weighted by molar-refractivity contribution is 1.18. The van der Waals surface area contributed by atoms with Gasteiger partial charge in [-0.25, -0.2) is 4.85 Å². The van der Waals surface area contributed by atoms with Crippen molar-refractivity contribution in [2.45, 2.75) is 0 Å². The highest BCUT2D eigenvalue weighted by Crippen LogP contribution is 2.43. The van der Waals surface area contributed by atoms with Gasteiger partial charge in [0.1, 0.15) is 0 Å². The van der Waals surface area contributed by atoms with Crippen molar-refractivity contribution < 1.29 is 0 Å². The number of fused-ring (bicyclic) bond motifs is 6. The standard InChI is InChI=1S/C50H30N4/c1-52-45-25-23-40(28-38(45)32-51)54-47-27-22-36(34-14-7-3-8-15-34)30-44(47)50-41(18-11-19-48(50)54)37-20-24-42-43-29-35(33-12-5-2-6-13-33)21-26-46(43)53(49(42)31-37)39-16-9-4-10-17-39/h2-31H. The third kappa shape index (κ3) is 4.90. The van der Waals surface area contributed by atoms with Gasteiger partial charge in [0.25, 0.3) is 0 Å². The highest BCUT2D eigenvalue weighted by molar-refractivity contribution is 6.18. The molecule has 0 aliphatic heterocycles. The van der Waals surface area contributed by atoms with Crippen LogP contribution < -0.4 is 0 Å². The summed E-state index contributed by atoms with van der Waals surface area (Å²) in [6.07, 6.45) is 0. The molecule has 2 heterocycles. The van der Waals surface area contributed by atoms with Gasteiger partial charge in [0.15, 0.2) is 0 Å². The molecule has 0 saturated carbocycles. The highest BCUT2D eigenvalue weighted by Gasteiger charge is 2.20. The Balaban J connectivity index is 1.26. The van der Waals surface area contributed by atoms with E-state index in [1.54, 1.807) is 6.07 Å². The van der Waals surface area contributed by atoms with Crippen LogP contribution in [0.5, 0.6) is 0 Å². The highest BCUT2D eigenvalue weighted by atomic mass is 15.0. The predicted octanol–water partition coefficient (Wildman–Crippen LogP) is 13.3. The molecule has 250 valence electrons. The fourth-order valence-corrected chi connectivity index (χ4v) is 8.10. The normalized spacial score (nSPS) is 11.3. The van der Waals surface area contributed by atoms with Crippen LogP contribution in [0.3, 0.4) is 0 Å². The second-order valence-corrected chi connectivity index (χ2v) is 13.6. The molecule has 0 unspecified atom stereocenters. The number of hydrogen-bond acceptors (Lipinski definition) is 1. The predicted molar refractivity (Wildman–Crippen MR) is 222 cm³/mol. The Hall–Kier alpha value is -7.66. The zero-order valence-electron chi connectivity index (χ0n) is 29.1. The molecule has 10 aromatic rings. The van der Waals surface area contributed by atoms with Gasteiger partial charge < -0.3 is 9.13 Å². The zero-order chi connectivity index (χ0) is 36.2. The van der Waals surface area contributed by atoms with E-state index >= 15 is 0 Å². The minimum atomic E-state index is 0.354. The minimum Gasteiger partial charge on any atom is -0.309 e. The van der Waals surface area contributed by atoms with E-state index in [2.05, 4.69) is 178 Å². The maximum atomic E-state index is 9.97. The van der Waals surface area contributed by atoms with Gasteiger partial charge in [-0.15, -0.1) is 0 Å². The number of para-hydroxylation sites is 1. The summed E-state index contributed by atoms with van der Waals surface area (Å²) in [5.41, 5.74) is 13.9. The molecule has 0 atom stereocenters. The van der Waals surface area contributed by atoms with E-state index in [0.29, 0.717) is 11.3 Å². The van der Waals surface area contributed by atoms with Crippen LogP contribution >= 0.6 is 0 Å². The molecule has 0 saturated heterocycles. The van der Waals surface area contributed by atoms with Crippen LogP contribution in [0.4, 0.5) is 5.69 Å². The molecule has 54 heavy (non-hydrogen) atoms. The van der Waals surface area contributed by atoms with E-state index in [1.807, 2.05) is 18.2 Å². The fraction of sp³-hybridized carbons (Fsp3) is 0. The first-order valence-corrected chi connectivity index (χ1v) is 17.9. The number of benzene rings is 8. The van der Waals surface area contributed by atoms with E-state index < -0.39 is 0 Å². The van der Waals surface area contributed by atoms with Gasteiger partial charge in [-0.05, 0) is 94.0 Å². The van der Waals surface area contributed by atoms with Crippen LogP contribution in [0.1, 0.15) is 5.56 Å². The average Bonchev–Trinajstić information content (AvgIpc) is 3.76. The minimum absolute atomic E-state index is 0.354. The summed E-state index contributed by atoms with van der Waals surface area (Å²) in [5.74, 6) is 0. The van der Waals surface area contributed by atoms with Crippen LogP contribution in [-0.2, 0) is 0 Å². The van der Waals surface area contributed by atoms with Crippen LogP contribution in [0.15, 0.2) is 182 Å². The lowest BCUT2D eigenvalue weighted by Gasteiger charge is -2.11. The Morgan fingerprint density at radius 3 is 1.70 bits per heavy atom. The van der Waals surface area contributed by atoms with Crippen molar-refractivity contribution in [2.75, 3.05) is 0 Å². The summed E-state index contributed by atoms with van der Waals surface area (Å²) in [6, 6.07) is 66.2. The molecule has 2 aromatic heterocycles. The number of aromatic nitrogens is 2. The summed E-state index contributed by atoms with van der Waals surface area (Å²) in [6.45, 7) is 7.60. The smallest absolute Gasteiger partial charge is 0.204 e. The Labute approximate surface area is 312 Å². The molecular formula is C50H30N4. The molecule has 10 rings (SSSR count). The zero-order valence-corrected chi connectivity index (χ0v) is 29.1. The summed E-state index contributed by atoms with van der Waals surface area (Å²) in [4.78, 5) is 3.59. The molecule has 0 bridgehead atoms. The first kappa shape index (κ1) is 31.1. The van der Waals surface area contributed by atoms with E-state index in [9.17, 15) is 5.26 Å². The topological polar surface area (TPSA) is 38.0 Å². The van der Waals surface area contributed by atoms with Crippen LogP contribution in [0.2, 0.25) is 0 Å². The third-order valence-corrected chi connectivity index (χ3v) is 10.6. The number of nitrogens with zero attached hydrogens (tertiary/aromatic N) is 4. The Kier molecular flexibility index (Phi) is 7.22. The van der Waals surface area contributed by atoms with E-state index in [-0.39, 0.29) is 0 Å². The van der Waals surface area contributed by atoms with Crippen LogP contribution in [0.25, 0.3) is 93.2 Å². The van der Waals surface area contributed by atoms with Gasteiger partial charge in [-0.2, -0.15) is 5.26 Å². The third-order valence-electron chi connectivity index (χ3n) is 10.6. The lowest BCUT2D eigenvalue weighted by atomic mass is 9.96. The summed E-state index contributed by atoms with van der Waals surface area (Å²) >= 11 is 0. The van der Waals surface area contributed by atoms with Crippen molar-refractivity contribution in [2.24, 2.45) is 0 Å². The molecule has 8 aromatic carbocycles. The van der Waals surface area contributed by atoms with Gasteiger partial charge in [0.05, 0.1) is 40.3 Å². The van der Waals surface area contributed by atoms with Crippen LogP contribution in [-0.4, -0.2) is 9.13 Å². The quantitative estimate of drug-likeness (QED) is 0.166. The van der Waals surface area contributed by atoms with Gasteiger partial charge in [-0.3, -0.25) is 0 Å². The summed E-state index contributed by atoms with van der Waals surface area (Å²) in [5, 5.41) is 14.6. The van der Waals surface area contributed by atoms with E-state index in [4.69, 9.17) is 6.57 Å². The van der Waals surface area contributed by atoms with Crippen molar-refractivity contribution in [3.63, 3.8) is 0 Å². The molecule has 4 heteroatoms. The Bertz CT molecular complexity index is 3160. The Morgan fingerprint density at radius 2 is 1.04 bits per heavy atom. The van der Waals surface area contributed by atoms with Crippen LogP contribution in [0, 0.1) is 17.9 Å². The molecule has 0 aliphatic rings. The van der Waals surface area contributed by atoms with Crippen molar-refractivity contribution >= 4 is 49.3 Å². The second-order valence-electron chi connectivity index (χ2n) is 13.6. The monoisotopic (exact) mass is 686 g/mol. The van der Waals surface area contributed by atoms with Crippen molar-refractivity contribution in [3.8, 4) is 50.8 Å². The molecular weight excluding hydrogens is 657 g/mol. The molecule has 0 spiro atoms. The number of hydrogen-bond donors (Lipinski definition) is 0. The molecule has 4 nitrogen and oxygen atoms in total. The number of nitriles is 1. The molecule has 0 amide bonds. The first-order chi connectivity index (χ1) is 26.7. The van der Waals surface area contributed by atoms with E-state index in [1.165, 1.54) is 21.9 Å². The van der Waals surface area contributed by atoms with Gasteiger partial charge in [0.2, 0.25) is 5.69 Å². The van der Waals surface area contributed by atoms with E-state index in [0.717, 1.165) is 66.5 Å². The average molecular weight is 687 g/mol. The van der Waals surface area contributed by atoms with Crippen molar-refractivity contribution in [1.82, 2.24) is 9.13 Å². The molecule has 0 aliphatic carbocycles. The fourth-order valence-electron chi connectivity index (χ4n) is 8.10. The molecule has 0 N–H and O–H groups in total.